The smallest absolute Gasteiger partial charge is 0.307 e. The molecular weight excluding hydrogens is 246 g/mol. The van der Waals surface area contributed by atoms with Crippen LogP contribution in [0.2, 0.25) is 0 Å². The van der Waals surface area contributed by atoms with Crippen molar-refractivity contribution in [2.75, 3.05) is 13.1 Å². The Hall–Kier alpha value is -1.43. The Labute approximate surface area is 112 Å². The van der Waals surface area contributed by atoms with Gasteiger partial charge in [0.15, 0.2) is 5.82 Å². The predicted molar refractivity (Wildman–Crippen MR) is 68.6 cm³/mol. The summed E-state index contributed by atoms with van der Waals surface area (Å²) < 4.78 is 5.24. The number of piperidine rings is 1. The molecule has 1 unspecified atom stereocenters. The first-order valence-corrected chi connectivity index (χ1v) is 6.64. The third-order valence-electron chi connectivity index (χ3n) is 3.35. The molecule has 1 atom stereocenters. The van der Waals surface area contributed by atoms with Crippen LogP contribution in [0.4, 0.5) is 0 Å². The maximum Gasteiger partial charge on any atom is 0.307 e. The number of hydrogen-bond donors (Lipinski definition) is 1. The Kier molecular flexibility index (Phi) is 3.89. The van der Waals surface area contributed by atoms with Gasteiger partial charge in [0.05, 0.1) is 12.5 Å². The second-order valence-electron chi connectivity index (χ2n) is 6.17. The normalized spacial score (nSPS) is 21.5. The number of hydrogen-bond acceptors (Lipinski definition) is 5. The fourth-order valence-corrected chi connectivity index (χ4v) is 2.22. The summed E-state index contributed by atoms with van der Waals surface area (Å²) in [5.74, 6) is 0.259. The van der Waals surface area contributed by atoms with Gasteiger partial charge in [0.25, 0.3) is 0 Å². The zero-order valence-electron chi connectivity index (χ0n) is 11.7. The first-order valence-electron chi connectivity index (χ1n) is 6.64. The fraction of sp³-hybridized carbons (Fsp3) is 0.769. The summed E-state index contributed by atoms with van der Waals surface area (Å²) in [6, 6.07) is 0. The van der Waals surface area contributed by atoms with E-state index < -0.39 is 5.97 Å². The lowest BCUT2D eigenvalue weighted by Gasteiger charge is -2.29. The van der Waals surface area contributed by atoms with E-state index in [0.717, 1.165) is 19.4 Å². The molecule has 0 amide bonds. The van der Waals surface area contributed by atoms with E-state index in [9.17, 15) is 4.79 Å². The van der Waals surface area contributed by atoms with E-state index in [2.05, 4.69) is 15.0 Å². The van der Waals surface area contributed by atoms with Crippen molar-refractivity contribution < 1.29 is 14.4 Å². The Balaban J connectivity index is 1.97. The number of carboxylic acid groups (broad SMARTS) is 1. The van der Waals surface area contributed by atoms with E-state index in [1.807, 2.05) is 20.8 Å². The summed E-state index contributed by atoms with van der Waals surface area (Å²) in [4.78, 5) is 17.5. The standard InChI is InChI=1S/C13H21N3O3/c1-13(2,3)12-14-10(19-15-12)8-16-6-4-5-9(7-16)11(17)18/h9H,4-8H2,1-3H3,(H,17,18). The zero-order chi connectivity index (χ0) is 14.0. The van der Waals surface area contributed by atoms with Crippen molar-refractivity contribution in [2.45, 2.75) is 45.6 Å². The average Bonchev–Trinajstić information content (AvgIpc) is 2.77. The molecule has 6 nitrogen and oxygen atoms in total. The van der Waals surface area contributed by atoms with Gasteiger partial charge in [-0.1, -0.05) is 25.9 Å². The molecule has 0 saturated carbocycles. The quantitative estimate of drug-likeness (QED) is 0.897. The summed E-state index contributed by atoms with van der Waals surface area (Å²) >= 11 is 0. The molecule has 1 aliphatic rings. The Morgan fingerprint density at radius 1 is 1.53 bits per heavy atom. The van der Waals surface area contributed by atoms with Gasteiger partial charge in [-0.05, 0) is 19.4 Å². The van der Waals surface area contributed by atoms with Crippen LogP contribution in [0, 0.1) is 5.92 Å². The van der Waals surface area contributed by atoms with E-state index in [1.165, 1.54) is 0 Å². The number of aliphatic carboxylic acids is 1. The molecule has 0 aromatic carbocycles. The van der Waals surface area contributed by atoms with Crippen LogP contribution in [0.15, 0.2) is 4.52 Å². The van der Waals surface area contributed by atoms with E-state index in [4.69, 9.17) is 9.63 Å². The second kappa shape index (κ2) is 5.28. The number of carboxylic acids is 1. The SMILES string of the molecule is CC(C)(C)c1noc(CN2CCCC(C(=O)O)C2)n1. The van der Waals surface area contributed by atoms with Gasteiger partial charge in [-0.15, -0.1) is 0 Å². The number of aromatic nitrogens is 2. The zero-order valence-corrected chi connectivity index (χ0v) is 11.7. The van der Waals surface area contributed by atoms with E-state index in [0.29, 0.717) is 24.8 Å². The Morgan fingerprint density at radius 2 is 2.26 bits per heavy atom. The van der Waals surface area contributed by atoms with Crippen LogP contribution in [-0.4, -0.2) is 39.2 Å². The second-order valence-corrected chi connectivity index (χ2v) is 6.17. The summed E-state index contributed by atoms with van der Waals surface area (Å²) in [5, 5.41) is 13.0. The maximum atomic E-state index is 11.0. The van der Waals surface area contributed by atoms with Gasteiger partial charge in [-0.3, -0.25) is 9.69 Å². The molecule has 1 fully saturated rings. The van der Waals surface area contributed by atoms with Crippen molar-refractivity contribution in [3.8, 4) is 0 Å². The van der Waals surface area contributed by atoms with Crippen molar-refractivity contribution in [3.05, 3.63) is 11.7 Å². The minimum atomic E-state index is -0.717. The first kappa shape index (κ1) is 14.0. The molecule has 1 aromatic rings. The highest BCUT2D eigenvalue weighted by atomic mass is 16.5. The van der Waals surface area contributed by atoms with Crippen LogP contribution >= 0.6 is 0 Å². The molecular formula is C13H21N3O3. The third-order valence-corrected chi connectivity index (χ3v) is 3.35. The van der Waals surface area contributed by atoms with E-state index in [1.54, 1.807) is 0 Å². The van der Waals surface area contributed by atoms with Gasteiger partial charge in [0, 0.05) is 12.0 Å². The van der Waals surface area contributed by atoms with Crippen LogP contribution in [0.1, 0.15) is 45.3 Å². The number of carbonyl (C=O) groups is 1. The highest BCUT2D eigenvalue weighted by Crippen LogP contribution is 2.21. The van der Waals surface area contributed by atoms with Gasteiger partial charge in [-0.25, -0.2) is 0 Å². The van der Waals surface area contributed by atoms with Crippen molar-refractivity contribution in [1.29, 1.82) is 0 Å². The van der Waals surface area contributed by atoms with E-state index in [-0.39, 0.29) is 11.3 Å². The summed E-state index contributed by atoms with van der Waals surface area (Å²) in [6.07, 6.45) is 1.65. The molecule has 6 heteroatoms. The summed E-state index contributed by atoms with van der Waals surface area (Å²) in [7, 11) is 0. The van der Waals surface area contributed by atoms with Crippen LogP contribution in [-0.2, 0) is 16.8 Å². The molecule has 2 heterocycles. The Bertz CT molecular complexity index is 450. The minimum absolute atomic E-state index is 0.132. The first-order chi connectivity index (χ1) is 8.86. The molecule has 1 N–H and O–H groups in total. The lowest BCUT2D eigenvalue weighted by molar-refractivity contribution is -0.143. The topological polar surface area (TPSA) is 79.5 Å². The molecule has 106 valence electrons. The van der Waals surface area contributed by atoms with Crippen LogP contribution in [0.5, 0.6) is 0 Å². The molecule has 0 bridgehead atoms. The summed E-state index contributed by atoms with van der Waals surface area (Å²) in [6.45, 7) is 8.07. The van der Waals surface area contributed by atoms with Crippen LogP contribution in [0.3, 0.4) is 0 Å². The molecule has 2 rings (SSSR count). The third kappa shape index (κ3) is 3.53. The highest BCUT2D eigenvalue weighted by Gasteiger charge is 2.27. The minimum Gasteiger partial charge on any atom is -0.481 e. The van der Waals surface area contributed by atoms with E-state index >= 15 is 0 Å². The lowest BCUT2D eigenvalue weighted by Crippen LogP contribution is -2.38. The van der Waals surface area contributed by atoms with Crippen molar-refractivity contribution in [3.63, 3.8) is 0 Å². The largest absolute Gasteiger partial charge is 0.481 e. The predicted octanol–water partition coefficient (Wildman–Crippen LogP) is 1.66. The molecule has 0 spiro atoms. The van der Waals surface area contributed by atoms with Crippen molar-refractivity contribution in [2.24, 2.45) is 5.92 Å². The molecule has 19 heavy (non-hydrogen) atoms. The molecule has 0 radical (unpaired) electrons. The summed E-state index contributed by atoms with van der Waals surface area (Å²) in [5.41, 5.74) is -0.132. The van der Waals surface area contributed by atoms with Gasteiger partial charge >= 0.3 is 5.97 Å². The fourth-order valence-electron chi connectivity index (χ4n) is 2.22. The van der Waals surface area contributed by atoms with Gasteiger partial charge in [-0.2, -0.15) is 4.98 Å². The Morgan fingerprint density at radius 3 is 2.84 bits per heavy atom. The molecule has 1 aromatic heterocycles. The van der Waals surface area contributed by atoms with Crippen molar-refractivity contribution >= 4 is 5.97 Å². The lowest BCUT2D eigenvalue weighted by atomic mass is 9.96. The van der Waals surface area contributed by atoms with Gasteiger partial charge < -0.3 is 9.63 Å². The monoisotopic (exact) mass is 267 g/mol. The molecule has 0 aliphatic carbocycles. The van der Waals surface area contributed by atoms with Gasteiger partial charge in [0.1, 0.15) is 0 Å². The average molecular weight is 267 g/mol. The number of nitrogens with zero attached hydrogens (tertiary/aromatic N) is 3. The maximum absolute atomic E-state index is 11.0. The van der Waals surface area contributed by atoms with Crippen LogP contribution < -0.4 is 0 Å². The molecule has 1 aliphatic heterocycles. The molecule has 1 saturated heterocycles. The van der Waals surface area contributed by atoms with Gasteiger partial charge in [0.2, 0.25) is 5.89 Å². The van der Waals surface area contributed by atoms with Crippen molar-refractivity contribution in [1.82, 2.24) is 15.0 Å². The number of likely N-dealkylation sites (tertiary alicyclic amines) is 1. The highest BCUT2D eigenvalue weighted by molar-refractivity contribution is 5.70. The number of rotatable bonds is 3. The van der Waals surface area contributed by atoms with Crippen LogP contribution in [0.25, 0.3) is 0 Å².